The van der Waals surface area contributed by atoms with Gasteiger partial charge in [0, 0.05) is 13.2 Å². The van der Waals surface area contributed by atoms with Crippen LogP contribution in [0.25, 0.3) is 0 Å². The molecule has 1 aromatic carbocycles. The zero-order valence-electron chi connectivity index (χ0n) is 11.8. The van der Waals surface area contributed by atoms with Crippen LogP contribution in [0.4, 0.5) is 0 Å². The standard InChI is InChI=1S/C15H25NO3/c1-14-4-6-15(7-5-14)19-10-3-2-9-17-12-13-18-11-8-16/h4-7H,2-3,8-13,16H2,1H3. The molecule has 0 saturated carbocycles. The fraction of sp³-hybridized carbons (Fsp3) is 0.600. The third-order valence-electron chi connectivity index (χ3n) is 2.61. The van der Waals surface area contributed by atoms with Gasteiger partial charge in [0.1, 0.15) is 5.75 Å². The summed E-state index contributed by atoms with van der Waals surface area (Å²) >= 11 is 0. The van der Waals surface area contributed by atoms with Gasteiger partial charge in [0.2, 0.25) is 0 Å². The highest BCUT2D eigenvalue weighted by atomic mass is 16.5. The Hall–Kier alpha value is -1.10. The molecule has 0 aliphatic carbocycles. The topological polar surface area (TPSA) is 53.7 Å². The van der Waals surface area contributed by atoms with Crippen LogP contribution in [0.1, 0.15) is 18.4 Å². The van der Waals surface area contributed by atoms with Crippen LogP contribution in [0, 0.1) is 6.92 Å². The first-order valence-corrected chi connectivity index (χ1v) is 6.88. The molecule has 1 rings (SSSR count). The summed E-state index contributed by atoms with van der Waals surface area (Å²) in [6.45, 7) is 5.98. The average molecular weight is 267 g/mol. The molecule has 0 aliphatic rings. The van der Waals surface area contributed by atoms with Crippen LogP contribution in [0.3, 0.4) is 0 Å². The number of hydrogen-bond acceptors (Lipinski definition) is 4. The average Bonchev–Trinajstić information content (AvgIpc) is 2.43. The molecule has 0 bridgehead atoms. The number of hydrogen-bond donors (Lipinski definition) is 1. The third-order valence-corrected chi connectivity index (χ3v) is 2.61. The summed E-state index contributed by atoms with van der Waals surface area (Å²) in [5.74, 6) is 0.932. The maximum absolute atomic E-state index is 5.63. The van der Waals surface area contributed by atoms with Crippen LogP contribution in [-0.2, 0) is 9.47 Å². The first-order valence-electron chi connectivity index (χ1n) is 6.88. The SMILES string of the molecule is Cc1ccc(OCCCCOCCOCCN)cc1. The minimum Gasteiger partial charge on any atom is -0.494 e. The second-order valence-electron chi connectivity index (χ2n) is 4.38. The molecule has 0 aliphatic heterocycles. The van der Waals surface area contributed by atoms with E-state index in [1.165, 1.54) is 5.56 Å². The molecule has 0 aromatic heterocycles. The Bertz CT molecular complexity index is 314. The molecular formula is C15H25NO3. The van der Waals surface area contributed by atoms with E-state index in [-0.39, 0.29) is 0 Å². The first-order chi connectivity index (χ1) is 9.33. The van der Waals surface area contributed by atoms with Gasteiger partial charge in [-0.15, -0.1) is 0 Å². The molecule has 4 nitrogen and oxygen atoms in total. The Kier molecular flexibility index (Phi) is 9.06. The van der Waals surface area contributed by atoms with Gasteiger partial charge >= 0.3 is 0 Å². The maximum Gasteiger partial charge on any atom is 0.119 e. The van der Waals surface area contributed by atoms with Gasteiger partial charge in [-0.25, -0.2) is 0 Å². The first kappa shape index (κ1) is 16.0. The van der Waals surface area contributed by atoms with Crippen molar-refractivity contribution < 1.29 is 14.2 Å². The lowest BCUT2D eigenvalue weighted by molar-refractivity contribution is 0.0484. The lowest BCUT2D eigenvalue weighted by Crippen LogP contribution is -2.12. The number of unbranched alkanes of at least 4 members (excludes halogenated alkanes) is 1. The van der Waals surface area contributed by atoms with Crippen molar-refractivity contribution in [2.24, 2.45) is 5.73 Å². The van der Waals surface area contributed by atoms with Crippen molar-refractivity contribution >= 4 is 0 Å². The zero-order chi connectivity index (χ0) is 13.8. The molecule has 0 saturated heterocycles. The van der Waals surface area contributed by atoms with E-state index in [4.69, 9.17) is 19.9 Å². The van der Waals surface area contributed by atoms with Crippen LogP contribution in [0.5, 0.6) is 5.75 Å². The van der Waals surface area contributed by atoms with Crippen LogP contribution in [-0.4, -0.2) is 39.6 Å². The molecular weight excluding hydrogens is 242 g/mol. The van der Waals surface area contributed by atoms with E-state index >= 15 is 0 Å². The van der Waals surface area contributed by atoms with Crippen molar-refractivity contribution in [3.63, 3.8) is 0 Å². The number of ether oxygens (including phenoxy) is 3. The smallest absolute Gasteiger partial charge is 0.119 e. The third kappa shape index (κ3) is 8.59. The van der Waals surface area contributed by atoms with Crippen molar-refractivity contribution in [1.82, 2.24) is 0 Å². The summed E-state index contributed by atoms with van der Waals surface area (Å²) in [7, 11) is 0. The van der Waals surface area contributed by atoms with E-state index in [1.807, 2.05) is 12.1 Å². The van der Waals surface area contributed by atoms with E-state index in [1.54, 1.807) is 0 Å². The molecule has 2 N–H and O–H groups in total. The van der Waals surface area contributed by atoms with E-state index in [0.717, 1.165) is 31.8 Å². The Balaban J connectivity index is 1.87. The number of rotatable bonds is 11. The lowest BCUT2D eigenvalue weighted by Gasteiger charge is -2.07. The number of nitrogens with two attached hydrogens (primary N) is 1. The van der Waals surface area contributed by atoms with Crippen LogP contribution in [0.15, 0.2) is 24.3 Å². The summed E-state index contributed by atoms with van der Waals surface area (Å²) in [4.78, 5) is 0. The van der Waals surface area contributed by atoms with E-state index in [9.17, 15) is 0 Å². The highest BCUT2D eigenvalue weighted by Gasteiger charge is 1.94. The molecule has 19 heavy (non-hydrogen) atoms. The number of benzene rings is 1. The fourth-order valence-corrected chi connectivity index (χ4v) is 1.54. The van der Waals surface area contributed by atoms with Gasteiger partial charge < -0.3 is 19.9 Å². The van der Waals surface area contributed by atoms with Crippen molar-refractivity contribution in [2.75, 3.05) is 39.6 Å². The molecule has 4 heteroatoms. The minimum absolute atomic E-state index is 0.566. The summed E-state index contributed by atoms with van der Waals surface area (Å²) < 4.78 is 16.3. The Morgan fingerprint density at radius 2 is 1.47 bits per heavy atom. The molecule has 0 atom stereocenters. The van der Waals surface area contributed by atoms with E-state index < -0.39 is 0 Å². The molecule has 0 fully saturated rings. The van der Waals surface area contributed by atoms with E-state index in [0.29, 0.717) is 26.4 Å². The van der Waals surface area contributed by atoms with Crippen molar-refractivity contribution in [1.29, 1.82) is 0 Å². The molecule has 108 valence electrons. The van der Waals surface area contributed by atoms with Gasteiger partial charge in [0.05, 0.1) is 26.4 Å². The summed E-state index contributed by atoms with van der Waals surface area (Å²) in [6, 6.07) is 8.11. The predicted octanol–water partition coefficient (Wildman–Crippen LogP) is 2.15. The van der Waals surface area contributed by atoms with Gasteiger partial charge in [-0.3, -0.25) is 0 Å². The highest BCUT2D eigenvalue weighted by molar-refractivity contribution is 5.26. The monoisotopic (exact) mass is 267 g/mol. The van der Waals surface area contributed by atoms with Crippen molar-refractivity contribution in [2.45, 2.75) is 19.8 Å². The largest absolute Gasteiger partial charge is 0.494 e. The molecule has 1 aromatic rings. The van der Waals surface area contributed by atoms with Crippen LogP contribution < -0.4 is 10.5 Å². The predicted molar refractivity (Wildman–Crippen MR) is 76.6 cm³/mol. The second kappa shape index (κ2) is 10.8. The van der Waals surface area contributed by atoms with Gasteiger partial charge in [-0.05, 0) is 31.9 Å². The van der Waals surface area contributed by atoms with Gasteiger partial charge in [0.15, 0.2) is 0 Å². The lowest BCUT2D eigenvalue weighted by atomic mass is 10.2. The van der Waals surface area contributed by atoms with Gasteiger partial charge in [-0.1, -0.05) is 17.7 Å². The summed E-state index contributed by atoms with van der Waals surface area (Å²) in [5.41, 5.74) is 6.55. The van der Waals surface area contributed by atoms with Crippen LogP contribution in [0.2, 0.25) is 0 Å². The zero-order valence-corrected chi connectivity index (χ0v) is 11.8. The van der Waals surface area contributed by atoms with E-state index in [2.05, 4.69) is 19.1 Å². The highest BCUT2D eigenvalue weighted by Crippen LogP contribution is 2.11. The normalized spacial score (nSPS) is 10.6. The van der Waals surface area contributed by atoms with Crippen LogP contribution >= 0.6 is 0 Å². The molecule has 0 spiro atoms. The Labute approximate surface area is 115 Å². The molecule has 0 amide bonds. The van der Waals surface area contributed by atoms with Crippen molar-refractivity contribution in [3.05, 3.63) is 29.8 Å². The van der Waals surface area contributed by atoms with Gasteiger partial charge in [0.25, 0.3) is 0 Å². The summed E-state index contributed by atoms with van der Waals surface area (Å²) in [5, 5.41) is 0. The van der Waals surface area contributed by atoms with Crippen molar-refractivity contribution in [3.8, 4) is 5.75 Å². The number of aryl methyl sites for hydroxylation is 1. The maximum atomic E-state index is 5.63. The second-order valence-corrected chi connectivity index (χ2v) is 4.38. The van der Waals surface area contributed by atoms with Gasteiger partial charge in [-0.2, -0.15) is 0 Å². The minimum atomic E-state index is 0.566. The Morgan fingerprint density at radius 1 is 0.842 bits per heavy atom. The molecule has 0 unspecified atom stereocenters. The molecule has 0 heterocycles. The molecule has 0 radical (unpaired) electrons. The fourth-order valence-electron chi connectivity index (χ4n) is 1.54. The quantitative estimate of drug-likeness (QED) is 0.624. The summed E-state index contributed by atoms with van der Waals surface area (Å²) in [6.07, 6.45) is 2.00. The Morgan fingerprint density at radius 3 is 2.16 bits per heavy atom.